The predicted octanol–water partition coefficient (Wildman–Crippen LogP) is 6.02. The predicted molar refractivity (Wildman–Crippen MR) is 187 cm³/mol. The number of hydrogen-bond donors (Lipinski definition) is 0. The molecule has 0 radical (unpaired) electrons. The van der Waals surface area contributed by atoms with E-state index in [1.807, 2.05) is 113 Å². The summed E-state index contributed by atoms with van der Waals surface area (Å²) in [7, 11) is -1.39. The van der Waals surface area contributed by atoms with Crippen LogP contribution < -0.4 is 5.46 Å². The van der Waals surface area contributed by atoms with E-state index in [1.165, 1.54) is 0 Å². The Morgan fingerprint density at radius 3 is 1.29 bits per heavy atom. The Morgan fingerprint density at radius 1 is 0.521 bits per heavy atom. The Bertz CT molecular complexity index is 1510. The molecule has 0 aromatic heterocycles. The Labute approximate surface area is 293 Å². The minimum Gasteiger partial charge on any atom is -0.457 e. The van der Waals surface area contributed by atoms with Gasteiger partial charge in [-0.25, -0.2) is 9.59 Å². The van der Waals surface area contributed by atoms with Crippen LogP contribution in [0.2, 0.25) is 0 Å². The van der Waals surface area contributed by atoms with E-state index in [-0.39, 0.29) is 45.5 Å². The van der Waals surface area contributed by atoms with E-state index in [0.29, 0.717) is 24.3 Å². The highest BCUT2D eigenvalue weighted by Gasteiger charge is 2.63. The van der Waals surface area contributed by atoms with Crippen LogP contribution in [0.3, 0.4) is 0 Å². The van der Waals surface area contributed by atoms with Crippen LogP contribution >= 0.6 is 15.9 Å². The molecule has 0 amide bonds. The second-order valence-electron chi connectivity index (χ2n) is 15.7. The Morgan fingerprint density at radius 2 is 0.875 bits per heavy atom. The van der Waals surface area contributed by atoms with Gasteiger partial charge in [-0.3, -0.25) is 0 Å². The fourth-order valence-corrected chi connectivity index (χ4v) is 5.70. The van der Waals surface area contributed by atoms with Crippen molar-refractivity contribution < 1.29 is 47.0 Å². The number of carbonyl (C=O) groups is 2. The molecule has 0 saturated carbocycles. The molecule has 5 heterocycles. The molecule has 0 unspecified atom stereocenters. The third kappa shape index (κ3) is 7.04. The maximum Gasteiger partial charge on any atom is 0.494 e. The monoisotopic (exact) mass is 726 g/mol. The van der Waals surface area contributed by atoms with E-state index >= 15 is 0 Å². The lowest BCUT2D eigenvalue weighted by molar-refractivity contribution is 0.00578. The summed E-state index contributed by atoms with van der Waals surface area (Å²) < 4.78 is 46.5. The molecule has 258 valence electrons. The molecular formula is C34H46B3BrO10. The molecule has 14 heteroatoms. The van der Waals surface area contributed by atoms with E-state index in [0.717, 1.165) is 21.1 Å². The lowest BCUT2D eigenvalue weighted by Crippen LogP contribution is -2.41. The molecular weight excluding hydrogens is 681 g/mol. The molecule has 2 aromatic rings. The van der Waals surface area contributed by atoms with Gasteiger partial charge in [0.25, 0.3) is 0 Å². The second-order valence-corrected chi connectivity index (χ2v) is 16.6. The average molecular weight is 727 g/mol. The van der Waals surface area contributed by atoms with Crippen LogP contribution in [0.25, 0.3) is 0 Å². The smallest absolute Gasteiger partial charge is 0.457 e. The molecule has 0 N–H and O–H groups in total. The third-order valence-electron chi connectivity index (χ3n) is 10.7. The molecule has 0 aliphatic carbocycles. The fraction of sp³-hybridized carbons (Fsp3) is 0.588. The van der Waals surface area contributed by atoms with Crippen LogP contribution in [0.5, 0.6) is 0 Å². The maximum absolute atomic E-state index is 11.6. The minimum atomic E-state index is -0.476. The highest BCUT2D eigenvalue weighted by molar-refractivity contribution is 9.10. The summed E-state index contributed by atoms with van der Waals surface area (Å²) in [5, 5.41) is 0. The van der Waals surface area contributed by atoms with E-state index in [2.05, 4.69) is 15.9 Å². The number of esters is 2. The number of benzene rings is 2. The average Bonchev–Trinajstić information content (AvgIpc) is 3.69. The number of rotatable bonds is 2. The van der Waals surface area contributed by atoms with Gasteiger partial charge in [0, 0.05) is 15.6 Å². The lowest BCUT2D eigenvalue weighted by atomic mass is 9.49. The summed E-state index contributed by atoms with van der Waals surface area (Å²) in [5.74, 6) is -0.491. The summed E-state index contributed by atoms with van der Waals surface area (Å²) in [6, 6.07) is 11.2. The first-order valence-electron chi connectivity index (χ1n) is 16.3. The van der Waals surface area contributed by atoms with Crippen LogP contribution in [-0.2, 0) is 50.6 Å². The standard InChI is InChI=1S/C14H17BO4.C12H24B2O4.C8H5BrO2/c1-13(2)14(3,4)19-15(18-13)10-6-5-9-8-17-12(16)11(9)7-10;1-9(2)10(3,4)16-13(15-9)14-17-11(5,6)12(7,8)18-14;9-6-2-1-5-4-11-8(10)7(5)3-6/h5-7H,8H2,1-4H3;1-8H3;1-3H,4H2. The van der Waals surface area contributed by atoms with Gasteiger partial charge >= 0.3 is 33.1 Å². The van der Waals surface area contributed by atoms with Crippen LogP contribution in [0.4, 0.5) is 0 Å². The van der Waals surface area contributed by atoms with Crippen molar-refractivity contribution in [1.29, 1.82) is 0 Å². The Balaban J connectivity index is 0.000000146. The molecule has 3 saturated heterocycles. The van der Waals surface area contributed by atoms with Crippen molar-refractivity contribution in [2.24, 2.45) is 0 Å². The van der Waals surface area contributed by atoms with Gasteiger partial charge in [-0.2, -0.15) is 0 Å². The summed E-state index contributed by atoms with van der Waals surface area (Å²) in [5.41, 5.74) is 1.85. The zero-order chi connectivity index (χ0) is 35.7. The van der Waals surface area contributed by atoms with Crippen molar-refractivity contribution in [1.82, 2.24) is 0 Å². The van der Waals surface area contributed by atoms with Gasteiger partial charge in [-0.1, -0.05) is 34.1 Å². The van der Waals surface area contributed by atoms with Crippen LogP contribution in [0, 0.1) is 0 Å². The van der Waals surface area contributed by atoms with Crippen molar-refractivity contribution in [3.05, 3.63) is 63.1 Å². The number of ether oxygens (including phenoxy) is 2. The molecule has 0 spiro atoms. The molecule has 2 aromatic carbocycles. The molecule has 5 aliphatic heterocycles. The number of carbonyl (C=O) groups excluding carboxylic acids is 2. The minimum absolute atomic E-state index is 0.221. The van der Waals surface area contributed by atoms with Crippen LogP contribution in [-0.4, -0.2) is 66.7 Å². The highest BCUT2D eigenvalue weighted by atomic mass is 79.9. The van der Waals surface area contributed by atoms with Gasteiger partial charge in [0.1, 0.15) is 13.2 Å². The third-order valence-corrected chi connectivity index (χ3v) is 11.1. The first-order valence-corrected chi connectivity index (χ1v) is 17.1. The van der Waals surface area contributed by atoms with Crippen molar-refractivity contribution >= 4 is 54.5 Å². The lowest BCUT2D eigenvalue weighted by Gasteiger charge is -2.32. The topological polar surface area (TPSA) is 108 Å². The Hall–Kier alpha value is -2.19. The summed E-state index contributed by atoms with van der Waals surface area (Å²) in [6.45, 7) is 25.0. The van der Waals surface area contributed by atoms with Gasteiger partial charge in [0.2, 0.25) is 0 Å². The molecule has 0 atom stereocenters. The summed E-state index contributed by atoms with van der Waals surface area (Å²) in [4.78, 5) is 22.6. The quantitative estimate of drug-likeness (QED) is 0.269. The zero-order valence-corrected chi connectivity index (χ0v) is 31.7. The molecule has 10 nitrogen and oxygen atoms in total. The van der Waals surface area contributed by atoms with Gasteiger partial charge in [-0.15, -0.1) is 0 Å². The van der Waals surface area contributed by atoms with Crippen molar-refractivity contribution in [2.75, 3.05) is 0 Å². The van der Waals surface area contributed by atoms with Crippen LogP contribution in [0.15, 0.2) is 40.9 Å². The molecule has 3 fully saturated rings. The fourth-order valence-electron chi connectivity index (χ4n) is 5.34. The summed E-state index contributed by atoms with van der Waals surface area (Å²) in [6.07, 6.45) is 0. The SMILES string of the molecule is CC1(C)OB(B2OC(C)(C)C(C)(C)O2)OC1(C)C.CC1(C)OB(c2ccc3c(c2)C(=O)OC3)OC1(C)C.O=C1OCc2ccc(Br)cc21. The molecule has 48 heavy (non-hydrogen) atoms. The molecule has 0 bridgehead atoms. The van der Waals surface area contributed by atoms with Crippen molar-refractivity contribution in [3.8, 4) is 0 Å². The van der Waals surface area contributed by atoms with Gasteiger partial charge < -0.3 is 37.4 Å². The molecule has 7 rings (SSSR count). The first kappa shape index (κ1) is 37.1. The normalized spacial score (nSPS) is 24.6. The highest BCUT2D eigenvalue weighted by Crippen LogP contribution is 2.43. The van der Waals surface area contributed by atoms with Crippen molar-refractivity contribution in [2.45, 2.75) is 130 Å². The molecule has 5 aliphatic rings. The number of halogens is 1. The summed E-state index contributed by atoms with van der Waals surface area (Å²) >= 11 is 3.28. The second kappa shape index (κ2) is 12.5. The number of fused-ring (bicyclic) bond motifs is 2. The van der Waals surface area contributed by atoms with Gasteiger partial charge in [0.05, 0.1) is 44.7 Å². The van der Waals surface area contributed by atoms with E-state index in [4.69, 9.17) is 37.4 Å². The first-order chi connectivity index (χ1) is 22.0. The number of hydrogen-bond acceptors (Lipinski definition) is 10. The number of cyclic esters (lactones) is 2. The zero-order valence-electron chi connectivity index (χ0n) is 30.1. The Kier molecular flexibility index (Phi) is 9.69. The van der Waals surface area contributed by atoms with Crippen molar-refractivity contribution in [3.63, 3.8) is 0 Å². The van der Waals surface area contributed by atoms with E-state index < -0.39 is 21.1 Å². The van der Waals surface area contributed by atoms with Crippen LogP contribution in [0.1, 0.15) is 115 Å². The van der Waals surface area contributed by atoms with E-state index in [9.17, 15) is 9.59 Å². The largest absolute Gasteiger partial charge is 0.494 e. The van der Waals surface area contributed by atoms with E-state index in [1.54, 1.807) is 6.07 Å². The maximum atomic E-state index is 11.6. The van der Waals surface area contributed by atoms with Gasteiger partial charge in [-0.05, 0) is 107 Å². The van der Waals surface area contributed by atoms with Gasteiger partial charge in [0.15, 0.2) is 0 Å².